The Labute approximate surface area is 166 Å². The summed E-state index contributed by atoms with van der Waals surface area (Å²) in [4.78, 5) is 20.0. The Hall–Kier alpha value is -3.06. The fraction of sp³-hybridized carbons (Fsp3) is 0.333. The zero-order valence-corrected chi connectivity index (χ0v) is 16.5. The highest BCUT2D eigenvalue weighted by atomic mass is 15.1. The molecule has 146 valence electrons. The van der Waals surface area contributed by atoms with Crippen molar-refractivity contribution in [1.82, 2.24) is 24.8 Å². The van der Waals surface area contributed by atoms with Crippen molar-refractivity contribution in [2.24, 2.45) is 0 Å². The van der Waals surface area contributed by atoms with Gasteiger partial charge < -0.3 is 15.5 Å². The number of anilines is 2. The van der Waals surface area contributed by atoms with Crippen molar-refractivity contribution in [3.8, 4) is 11.3 Å². The van der Waals surface area contributed by atoms with Crippen LogP contribution in [0.1, 0.15) is 12.1 Å². The van der Waals surface area contributed by atoms with Gasteiger partial charge in [0.15, 0.2) is 0 Å². The van der Waals surface area contributed by atoms with E-state index >= 15 is 0 Å². The number of pyridine rings is 2. The first-order valence-corrected chi connectivity index (χ1v) is 9.52. The molecule has 0 saturated carbocycles. The van der Waals surface area contributed by atoms with Gasteiger partial charge in [-0.3, -0.25) is 9.97 Å². The van der Waals surface area contributed by atoms with Crippen molar-refractivity contribution in [2.45, 2.75) is 12.8 Å². The van der Waals surface area contributed by atoms with Crippen LogP contribution in [0.15, 0.2) is 55.0 Å². The first-order chi connectivity index (χ1) is 13.7. The number of nitrogens with one attached hydrogen (secondary N) is 2. The lowest BCUT2D eigenvalue weighted by Gasteiger charge is -2.12. The molecule has 7 heteroatoms. The quantitative estimate of drug-likeness (QED) is 0.526. The summed E-state index contributed by atoms with van der Waals surface area (Å²) in [5, 5.41) is 6.73. The average molecular weight is 377 g/mol. The predicted octanol–water partition coefficient (Wildman–Crippen LogP) is 2.95. The van der Waals surface area contributed by atoms with Gasteiger partial charge in [-0.2, -0.15) is 4.98 Å². The first kappa shape index (κ1) is 19.7. The summed E-state index contributed by atoms with van der Waals surface area (Å²) in [6, 6.07) is 11.8. The normalized spacial score (nSPS) is 10.8. The smallest absolute Gasteiger partial charge is 0.225 e. The van der Waals surface area contributed by atoms with E-state index in [1.165, 1.54) is 0 Å². The van der Waals surface area contributed by atoms with Gasteiger partial charge in [-0.15, -0.1) is 0 Å². The Morgan fingerprint density at radius 3 is 2.64 bits per heavy atom. The van der Waals surface area contributed by atoms with E-state index in [4.69, 9.17) is 0 Å². The second kappa shape index (κ2) is 10.3. The molecule has 0 atom stereocenters. The van der Waals surface area contributed by atoms with Crippen molar-refractivity contribution < 1.29 is 0 Å². The zero-order valence-electron chi connectivity index (χ0n) is 16.5. The highest BCUT2D eigenvalue weighted by Crippen LogP contribution is 2.20. The Kier molecular flexibility index (Phi) is 7.26. The molecule has 0 saturated heterocycles. The number of aromatic nitrogens is 4. The predicted molar refractivity (Wildman–Crippen MR) is 113 cm³/mol. The maximum Gasteiger partial charge on any atom is 0.225 e. The Bertz CT molecular complexity index is 838. The van der Waals surface area contributed by atoms with Gasteiger partial charge in [0.25, 0.3) is 0 Å². The summed E-state index contributed by atoms with van der Waals surface area (Å²) >= 11 is 0. The zero-order chi connectivity index (χ0) is 19.6. The lowest BCUT2D eigenvalue weighted by atomic mass is 10.2. The van der Waals surface area contributed by atoms with Crippen molar-refractivity contribution in [1.29, 1.82) is 0 Å². The third-order valence-corrected chi connectivity index (χ3v) is 4.16. The molecule has 0 fully saturated rings. The van der Waals surface area contributed by atoms with Crippen molar-refractivity contribution in [2.75, 3.05) is 44.4 Å². The monoisotopic (exact) mass is 377 g/mol. The molecule has 3 aromatic heterocycles. The van der Waals surface area contributed by atoms with Crippen LogP contribution in [-0.2, 0) is 6.42 Å². The van der Waals surface area contributed by atoms with Crippen LogP contribution in [0.3, 0.4) is 0 Å². The molecule has 0 spiro atoms. The summed E-state index contributed by atoms with van der Waals surface area (Å²) in [6.45, 7) is 2.59. The number of rotatable bonds is 10. The van der Waals surface area contributed by atoms with E-state index in [1.54, 1.807) is 6.20 Å². The second-order valence-electron chi connectivity index (χ2n) is 6.79. The summed E-state index contributed by atoms with van der Waals surface area (Å²) in [5.41, 5.74) is 2.87. The minimum atomic E-state index is 0.625. The molecule has 0 bridgehead atoms. The number of nitrogens with zero attached hydrogens (tertiary/aromatic N) is 5. The van der Waals surface area contributed by atoms with E-state index in [0.29, 0.717) is 5.95 Å². The molecule has 3 aromatic rings. The molecule has 3 heterocycles. The lowest BCUT2D eigenvalue weighted by molar-refractivity contribution is 0.405. The van der Waals surface area contributed by atoms with Crippen LogP contribution >= 0.6 is 0 Å². The van der Waals surface area contributed by atoms with Gasteiger partial charge in [-0.1, -0.05) is 6.07 Å². The molecule has 3 rings (SSSR count). The van der Waals surface area contributed by atoms with Gasteiger partial charge in [0.2, 0.25) is 5.95 Å². The van der Waals surface area contributed by atoms with Crippen LogP contribution in [0.2, 0.25) is 0 Å². The molecule has 7 nitrogen and oxygen atoms in total. The van der Waals surface area contributed by atoms with Crippen LogP contribution in [0.4, 0.5) is 11.8 Å². The second-order valence-corrected chi connectivity index (χ2v) is 6.79. The topological polar surface area (TPSA) is 78.9 Å². The summed E-state index contributed by atoms with van der Waals surface area (Å²) < 4.78 is 0. The average Bonchev–Trinajstić information content (AvgIpc) is 2.72. The standard InChI is InChI=1S/C21H27N7/c1-28(2)14-6-12-25-21-26-19(17-7-5-10-22-16-17)15-20(27-21)24-13-9-18-8-3-4-11-23-18/h3-5,7-8,10-11,15-16H,6,9,12-14H2,1-2H3,(H2,24,25,26,27). The Balaban J connectivity index is 1.69. The van der Waals surface area contributed by atoms with Gasteiger partial charge in [-0.05, 0) is 51.3 Å². The molecule has 0 aliphatic heterocycles. The fourth-order valence-electron chi connectivity index (χ4n) is 2.74. The van der Waals surface area contributed by atoms with Gasteiger partial charge >= 0.3 is 0 Å². The van der Waals surface area contributed by atoms with Crippen LogP contribution in [0, 0.1) is 0 Å². The summed E-state index contributed by atoms with van der Waals surface area (Å²) in [6.07, 6.45) is 7.25. The Morgan fingerprint density at radius 1 is 0.964 bits per heavy atom. The van der Waals surface area contributed by atoms with Gasteiger partial charge in [0.1, 0.15) is 5.82 Å². The van der Waals surface area contributed by atoms with Gasteiger partial charge in [0.05, 0.1) is 5.69 Å². The van der Waals surface area contributed by atoms with Crippen molar-refractivity contribution in [3.05, 3.63) is 60.7 Å². The fourth-order valence-corrected chi connectivity index (χ4v) is 2.74. The highest BCUT2D eigenvalue weighted by Gasteiger charge is 2.07. The first-order valence-electron chi connectivity index (χ1n) is 9.52. The van der Waals surface area contributed by atoms with E-state index in [0.717, 1.165) is 55.2 Å². The number of hydrogen-bond acceptors (Lipinski definition) is 7. The molecule has 2 N–H and O–H groups in total. The third-order valence-electron chi connectivity index (χ3n) is 4.16. The summed E-state index contributed by atoms with van der Waals surface area (Å²) in [7, 11) is 4.15. The van der Waals surface area contributed by atoms with Crippen LogP contribution in [0.5, 0.6) is 0 Å². The lowest BCUT2D eigenvalue weighted by Crippen LogP contribution is -2.17. The molecule has 0 unspecified atom stereocenters. The van der Waals surface area contributed by atoms with Crippen molar-refractivity contribution >= 4 is 11.8 Å². The minimum Gasteiger partial charge on any atom is -0.369 e. The van der Waals surface area contributed by atoms with Crippen LogP contribution in [-0.4, -0.2) is 58.6 Å². The van der Waals surface area contributed by atoms with E-state index in [9.17, 15) is 0 Å². The summed E-state index contributed by atoms with van der Waals surface area (Å²) in [5.74, 6) is 1.42. The highest BCUT2D eigenvalue weighted by molar-refractivity contribution is 5.63. The molecular weight excluding hydrogens is 350 g/mol. The van der Waals surface area contributed by atoms with E-state index in [2.05, 4.69) is 49.6 Å². The maximum absolute atomic E-state index is 4.66. The molecule has 0 aliphatic rings. The maximum atomic E-state index is 4.66. The third kappa shape index (κ3) is 6.28. The Morgan fingerprint density at radius 2 is 1.89 bits per heavy atom. The molecule has 0 aliphatic carbocycles. The SMILES string of the molecule is CN(C)CCCNc1nc(NCCc2ccccn2)cc(-c2cccnc2)n1. The molecule has 0 amide bonds. The van der Waals surface area contributed by atoms with Crippen LogP contribution in [0.25, 0.3) is 11.3 Å². The number of hydrogen-bond donors (Lipinski definition) is 2. The van der Waals surface area contributed by atoms with Gasteiger partial charge in [-0.25, -0.2) is 4.98 Å². The molecule has 0 aromatic carbocycles. The van der Waals surface area contributed by atoms with Crippen molar-refractivity contribution in [3.63, 3.8) is 0 Å². The van der Waals surface area contributed by atoms with E-state index < -0.39 is 0 Å². The van der Waals surface area contributed by atoms with E-state index in [1.807, 2.05) is 48.8 Å². The molecule has 28 heavy (non-hydrogen) atoms. The van der Waals surface area contributed by atoms with Crippen LogP contribution < -0.4 is 10.6 Å². The minimum absolute atomic E-state index is 0.625. The van der Waals surface area contributed by atoms with E-state index in [-0.39, 0.29) is 0 Å². The van der Waals surface area contributed by atoms with Gasteiger partial charge in [0, 0.05) is 55.4 Å². The molecular formula is C21H27N7. The largest absolute Gasteiger partial charge is 0.369 e. The molecule has 0 radical (unpaired) electrons.